The largest absolute Gasteiger partial charge is 0.459 e. The summed E-state index contributed by atoms with van der Waals surface area (Å²) in [7, 11) is -3.78. The number of carbonyl (C=O) groups is 1. The van der Waals surface area contributed by atoms with Crippen molar-refractivity contribution in [2.24, 2.45) is 0 Å². The topological polar surface area (TPSA) is 88.4 Å². The minimum Gasteiger partial charge on any atom is -0.459 e. The Hall–Kier alpha value is -3.10. The van der Waals surface area contributed by atoms with Crippen LogP contribution in [0.3, 0.4) is 0 Å². The molecular weight excluding hydrogens is 468 g/mol. The molecule has 8 heteroatoms. The minimum absolute atomic E-state index is 0.145. The van der Waals surface area contributed by atoms with Gasteiger partial charge in [0, 0.05) is 11.1 Å². The average molecular weight is 485 g/mol. The van der Waals surface area contributed by atoms with Crippen LogP contribution in [0.5, 0.6) is 0 Å². The quantitative estimate of drug-likeness (QED) is 0.388. The van der Waals surface area contributed by atoms with Crippen molar-refractivity contribution in [2.75, 3.05) is 10.0 Å². The van der Waals surface area contributed by atoms with Crippen molar-refractivity contribution in [3.8, 4) is 0 Å². The molecular formula is C22H17BrN2O4S. The summed E-state index contributed by atoms with van der Waals surface area (Å²) in [5, 5.41) is 3.34. The number of rotatable bonds is 5. The van der Waals surface area contributed by atoms with E-state index in [4.69, 9.17) is 4.42 Å². The number of carbonyl (C=O) groups excluding carboxylic acids is 1. The summed E-state index contributed by atoms with van der Waals surface area (Å²) < 4.78 is 34.2. The summed E-state index contributed by atoms with van der Waals surface area (Å²) in [4.78, 5) is 13.1. The molecule has 30 heavy (non-hydrogen) atoms. The fraction of sp³-hybridized carbons (Fsp3) is 0.0455. The Balaban J connectivity index is 1.74. The zero-order chi connectivity index (χ0) is 21.3. The number of hydrogen-bond donors (Lipinski definition) is 2. The number of benzene rings is 3. The van der Waals surface area contributed by atoms with Gasteiger partial charge < -0.3 is 9.73 Å². The molecule has 0 spiro atoms. The number of aryl methyl sites for hydroxylation is 1. The van der Waals surface area contributed by atoms with Crippen LogP contribution >= 0.6 is 15.9 Å². The van der Waals surface area contributed by atoms with Crippen LogP contribution < -0.4 is 10.0 Å². The summed E-state index contributed by atoms with van der Waals surface area (Å²) in [5.41, 5.74) is 1.77. The van der Waals surface area contributed by atoms with Gasteiger partial charge in [0.2, 0.25) is 0 Å². The molecule has 152 valence electrons. The molecule has 0 atom stereocenters. The van der Waals surface area contributed by atoms with E-state index in [1.165, 1.54) is 12.1 Å². The number of anilines is 2. The molecule has 1 aromatic heterocycles. The SMILES string of the molecule is Cc1oc2c(Br)cc(NS(=O)(=O)c3ccccc3)cc2c1C(=O)Nc1ccccc1. The van der Waals surface area contributed by atoms with E-state index in [1.807, 2.05) is 18.2 Å². The van der Waals surface area contributed by atoms with Gasteiger partial charge in [-0.3, -0.25) is 9.52 Å². The van der Waals surface area contributed by atoms with Gasteiger partial charge in [-0.25, -0.2) is 8.42 Å². The van der Waals surface area contributed by atoms with Crippen molar-refractivity contribution in [2.45, 2.75) is 11.8 Å². The van der Waals surface area contributed by atoms with E-state index in [0.29, 0.717) is 38.1 Å². The highest BCUT2D eigenvalue weighted by Crippen LogP contribution is 2.35. The molecule has 0 fully saturated rings. The highest BCUT2D eigenvalue weighted by atomic mass is 79.9. The lowest BCUT2D eigenvalue weighted by molar-refractivity contribution is 0.102. The molecule has 2 N–H and O–H groups in total. The Morgan fingerprint density at radius 2 is 1.57 bits per heavy atom. The van der Waals surface area contributed by atoms with Gasteiger partial charge in [0.05, 0.1) is 20.6 Å². The van der Waals surface area contributed by atoms with Crippen LogP contribution in [0.1, 0.15) is 16.1 Å². The Bertz CT molecular complexity index is 1330. The number of hydrogen-bond acceptors (Lipinski definition) is 4. The lowest BCUT2D eigenvalue weighted by Crippen LogP contribution is -2.14. The fourth-order valence-electron chi connectivity index (χ4n) is 3.15. The number of amides is 1. The smallest absolute Gasteiger partial charge is 0.261 e. The van der Waals surface area contributed by atoms with Crippen LogP contribution in [0.4, 0.5) is 11.4 Å². The van der Waals surface area contributed by atoms with Gasteiger partial charge >= 0.3 is 0 Å². The summed E-state index contributed by atoms with van der Waals surface area (Å²) in [5.74, 6) is 0.0922. The molecule has 6 nitrogen and oxygen atoms in total. The molecule has 0 aliphatic rings. The van der Waals surface area contributed by atoms with E-state index < -0.39 is 10.0 Å². The number of halogens is 1. The molecule has 0 radical (unpaired) electrons. The van der Waals surface area contributed by atoms with Crippen LogP contribution in [-0.4, -0.2) is 14.3 Å². The Morgan fingerprint density at radius 3 is 2.23 bits per heavy atom. The molecule has 3 aromatic carbocycles. The van der Waals surface area contributed by atoms with Crippen molar-refractivity contribution in [1.82, 2.24) is 0 Å². The second-order valence-corrected chi connectivity index (χ2v) is 9.14. The molecule has 0 bridgehead atoms. The van der Waals surface area contributed by atoms with E-state index in [1.54, 1.807) is 49.4 Å². The number of fused-ring (bicyclic) bond motifs is 1. The highest BCUT2D eigenvalue weighted by molar-refractivity contribution is 9.10. The van der Waals surface area contributed by atoms with Crippen LogP contribution in [0.2, 0.25) is 0 Å². The van der Waals surface area contributed by atoms with Gasteiger partial charge in [0.1, 0.15) is 11.3 Å². The Labute approximate surface area is 182 Å². The first-order chi connectivity index (χ1) is 14.3. The van der Waals surface area contributed by atoms with Gasteiger partial charge in [-0.05, 0) is 59.3 Å². The van der Waals surface area contributed by atoms with Gasteiger partial charge in [-0.2, -0.15) is 0 Å². The van der Waals surface area contributed by atoms with Crippen LogP contribution in [-0.2, 0) is 10.0 Å². The van der Waals surface area contributed by atoms with Crippen LogP contribution in [0.15, 0.2) is 86.6 Å². The van der Waals surface area contributed by atoms with Gasteiger partial charge in [0.15, 0.2) is 0 Å². The molecule has 0 saturated heterocycles. The monoisotopic (exact) mass is 484 g/mol. The number of furan rings is 1. The maximum atomic E-state index is 12.9. The maximum Gasteiger partial charge on any atom is 0.261 e. The van der Waals surface area contributed by atoms with Gasteiger partial charge in [0.25, 0.3) is 15.9 Å². The summed E-state index contributed by atoms with van der Waals surface area (Å²) in [6.07, 6.45) is 0. The first-order valence-electron chi connectivity index (χ1n) is 9.02. The summed E-state index contributed by atoms with van der Waals surface area (Å²) in [6.45, 7) is 1.69. The van der Waals surface area contributed by atoms with Gasteiger partial charge in [-0.1, -0.05) is 36.4 Å². The summed E-state index contributed by atoms with van der Waals surface area (Å²) in [6, 6.07) is 20.3. The Kier molecular flexibility index (Phi) is 5.36. The van der Waals surface area contributed by atoms with Crippen LogP contribution in [0, 0.1) is 6.92 Å². The second-order valence-electron chi connectivity index (χ2n) is 6.61. The average Bonchev–Trinajstić information content (AvgIpc) is 3.05. The third-order valence-corrected chi connectivity index (χ3v) is 6.47. The number of sulfonamides is 1. The van der Waals surface area contributed by atoms with Crippen molar-refractivity contribution in [1.29, 1.82) is 0 Å². The first-order valence-corrected chi connectivity index (χ1v) is 11.3. The van der Waals surface area contributed by atoms with Crippen molar-refractivity contribution in [3.05, 3.63) is 88.6 Å². The third-order valence-electron chi connectivity index (χ3n) is 4.48. The van der Waals surface area contributed by atoms with Crippen molar-refractivity contribution >= 4 is 54.2 Å². The number of nitrogens with one attached hydrogen (secondary N) is 2. The molecule has 0 saturated carbocycles. The third kappa shape index (κ3) is 3.96. The zero-order valence-corrected chi connectivity index (χ0v) is 18.2. The zero-order valence-electron chi connectivity index (χ0n) is 15.8. The standard InChI is InChI=1S/C22H17BrN2O4S/c1-14-20(22(26)24-15-8-4-2-5-9-15)18-12-16(13-19(23)21(18)29-14)25-30(27,28)17-10-6-3-7-11-17/h2-13,25H,1H3,(H,24,26). The predicted octanol–water partition coefficient (Wildman–Crippen LogP) is 5.56. The van der Waals surface area contributed by atoms with Crippen molar-refractivity contribution in [3.63, 3.8) is 0 Å². The van der Waals surface area contributed by atoms with E-state index in [9.17, 15) is 13.2 Å². The molecule has 4 aromatic rings. The van der Waals surface area contributed by atoms with E-state index in [-0.39, 0.29) is 10.8 Å². The molecule has 1 heterocycles. The molecule has 4 rings (SSSR count). The minimum atomic E-state index is -3.78. The molecule has 0 aliphatic heterocycles. The summed E-state index contributed by atoms with van der Waals surface area (Å²) >= 11 is 3.41. The van der Waals surface area contributed by atoms with E-state index >= 15 is 0 Å². The molecule has 1 amide bonds. The molecule has 0 unspecified atom stereocenters. The predicted molar refractivity (Wildman–Crippen MR) is 120 cm³/mol. The lowest BCUT2D eigenvalue weighted by atomic mass is 10.1. The van der Waals surface area contributed by atoms with E-state index in [2.05, 4.69) is 26.0 Å². The Morgan fingerprint density at radius 1 is 0.933 bits per heavy atom. The second kappa shape index (κ2) is 7.97. The van der Waals surface area contributed by atoms with Crippen LogP contribution in [0.25, 0.3) is 11.0 Å². The van der Waals surface area contributed by atoms with E-state index in [0.717, 1.165) is 0 Å². The lowest BCUT2D eigenvalue weighted by Gasteiger charge is -2.09. The van der Waals surface area contributed by atoms with Crippen molar-refractivity contribution < 1.29 is 17.6 Å². The molecule has 0 aliphatic carbocycles. The normalized spacial score (nSPS) is 11.4. The first kappa shape index (κ1) is 20.2. The highest BCUT2D eigenvalue weighted by Gasteiger charge is 2.22. The maximum absolute atomic E-state index is 12.9. The van der Waals surface area contributed by atoms with Gasteiger partial charge in [-0.15, -0.1) is 0 Å². The fourth-order valence-corrected chi connectivity index (χ4v) is 4.75. The number of para-hydroxylation sites is 1.